The number of aryl methyl sites for hydroxylation is 3. The van der Waals surface area contributed by atoms with Crippen LogP contribution in [0.4, 0.5) is 0 Å². The number of phenolic OH excluding ortho intramolecular Hbond substituents is 3. The number of hydrogen-bond donors (Lipinski definition) is 3. The molecule has 1 unspecified atom stereocenters. The van der Waals surface area contributed by atoms with E-state index in [1.54, 1.807) is 0 Å². The molecule has 3 nitrogen and oxygen atoms in total. The third-order valence-corrected chi connectivity index (χ3v) is 8.16. The van der Waals surface area contributed by atoms with Crippen LogP contribution >= 0.6 is 0 Å². The van der Waals surface area contributed by atoms with Crippen LogP contribution in [-0.4, -0.2) is 15.3 Å². The highest BCUT2D eigenvalue weighted by molar-refractivity contribution is 5.51. The number of rotatable bonds is 11. The van der Waals surface area contributed by atoms with E-state index >= 15 is 0 Å². The van der Waals surface area contributed by atoms with E-state index < -0.39 is 0 Å². The Morgan fingerprint density at radius 1 is 0.475 bits per heavy atom. The molecule has 0 saturated heterocycles. The lowest BCUT2D eigenvalue weighted by molar-refractivity contribution is 0.460. The summed E-state index contributed by atoms with van der Waals surface area (Å²) in [5.74, 6) is 2.79. The summed E-state index contributed by atoms with van der Waals surface area (Å²) in [6.07, 6.45) is 3.38. The highest BCUT2D eigenvalue weighted by atomic mass is 16.3. The molecule has 3 N–H and O–H groups in total. The van der Waals surface area contributed by atoms with Crippen molar-refractivity contribution in [2.75, 3.05) is 0 Å². The fourth-order valence-corrected chi connectivity index (χ4v) is 6.26. The second-order valence-corrected chi connectivity index (χ2v) is 13.5. The first-order chi connectivity index (χ1) is 18.7. The average Bonchev–Trinajstić information content (AvgIpc) is 2.82. The van der Waals surface area contributed by atoms with Crippen molar-refractivity contribution in [1.29, 1.82) is 0 Å². The maximum atomic E-state index is 10.8. The Hall–Kier alpha value is -2.94. The molecule has 0 aliphatic heterocycles. The minimum atomic E-state index is 0.0924. The zero-order valence-corrected chi connectivity index (χ0v) is 26.5. The van der Waals surface area contributed by atoms with E-state index in [4.69, 9.17) is 0 Å². The highest BCUT2D eigenvalue weighted by Gasteiger charge is 2.26. The van der Waals surface area contributed by atoms with E-state index in [2.05, 4.69) is 87.4 Å². The van der Waals surface area contributed by atoms with E-state index in [1.807, 2.05) is 18.2 Å². The minimum absolute atomic E-state index is 0.0924. The molecule has 0 spiro atoms. The Morgan fingerprint density at radius 3 is 1.10 bits per heavy atom. The van der Waals surface area contributed by atoms with Crippen molar-refractivity contribution in [3.05, 3.63) is 86.5 Å². The molecule has 0 radical (unpaired) electrons. The van der Waals surface area contributed by atoms with Crippen LogP contribution in [0, 0.1) is 38.5 Å². The summed E-state index contributed by atoms with van der Waals surface area (Å²) in [6.45, 7) is 21.7. The molecule has 0 aromatic heterocycles. The topological polar surface area (TPSA) is 60.7 Å². The van der Waals surface area contributed by atoms with Gasteiger partial charge in [0.05, 0.1) is 0 Å². The molecule has 0 fully saturated rings. The summed E-state index contributed by atoms with van der Waals surface area (Å²) in [5, 5.41) is 32.3. The largest absolute Gasteiger partial charge is 0.508 e. The molecule has 0 aliphatic rings. The van der Waals surface area contributed by atoms with Gasteiger partial charge in [0.15, 0.2) is 0 Å². The summed E-state index contributed by atoms with van der Waals surface area (Å²) in [5.41, 5.74) is 10.0. The van der Waals surface area contributed by atoms with E-state index in [-0.39, 0.29) is 11.8 Å². The van der Waals surface area contributed by atoms with Gasteiger partial charge in [-0.2, -0.15) is 0 Å². The van der Waals surface area contributed by atoms with Gasteiger partial charge in [-0.05, 0) is 138 Å². The molecule has 0 heterocycles. The zero-order valence-electron chi connectivity index (χ0n) is 26.5. The Kier molecular flexibility index (Phi) is 10.4. The van der Waals surface area contributed by atoms with Crippen LogP contribution in [0.5, 0.6) is 17.2 Å². The Labute approximate surface area is 243 Å². The zero-order chi connectivity index (χ0) is 29.9. The van der Waals surface area contributed by atoms with E-state index in [1.165, 1.54) is 16.7 Å². The monoisotopic (exact) mass is 544 g/mol. The fourth-order valence-electron chi connectivity index (χ4n) is 6.26. The summed E-state index contributed by atoms with van der Waals surface area (Å²) in [4.78, 5) is 0. The molecular formula is C37H52O3. The molecule has 3 rings (SSSR count). The third-order valence-electron chi connectivity index (χ3n) is 8.16. The summed E-state index contributed by atoms with van der Waals surface area (Å²) in [7, 11) is 0. The van der Waals surface area contributed by atoms with E-state index in [0.29, 0.717) is 35.0 Å². The summed E-state index contributed by atoms with van der Waals surface area (Å²) < 4.78 is 0. The number of benzene rings is 3. The van der Waals surface area contributed by atoms with Crippen molar-refractivity contribution in [3.8, 4) is 17.2 Å². The lowest BCUT2D eigenvalue weighted by atomic mass is 9.76. The van der Waals surface area contributed by atoms with Crippen LogP contribution in [-0.2, 0) is 19.3 Å². The number of hydrogen-bond acceptors (Lipinski definition) is 3. The standard InChI is InChI=1S/C37H52O3/c1-21(2)11-28-18-31(25(8)15-35(28)38)24(7)14-34(32-19-29(12-22(3)4)36(39)16-26(32)9)33-20-30(13-23(5)6)37(40)17-27(33)10/h15-24,34,38-40H,11-14H2,1-10H3. The minimum Gasteiger partial charge on any atom is -0.508 e. The Bertz CT molecular complexity index is 1250. The molecular weight excluding hydrogens is 492 g/mol. The van der Waals surface area contributed by atoms with Gasteiger partial charge >= 0.3 is 0 Å². The van der Waals surface area contributed by atoms with Crippen LogP contribution in [0.1, 0.15) is 117 Å². The lowest BCUT2D eigenvalue weighted by Gasteiger charge is -2.28. The van der Waals surface area contributed by atoms with Gasteiger partial charge in [0.25, 0.3) is 0 Å². The maximum Gasteiger partial charge on any atom is 0.119 e. The SMILES string of the molecule is Cc1cc(O)c(CC(C)C)cc1C(C)CC(c1cc(CC(C)C)c(O)cc1C)c1cc(CC(C)C)c(O)cc1C. The van der Waals surface area contributed by atoms with Crippen LogP contribution in [0.15, 0.2) is 36.4 Å². The molecule has 3 aromatic carbocycles. The van der Waals surface area contributed by atoms with Gasteiger partial charge in [0, 0.05) is 5.92 Å². The van der Waals surface area contributed by atoms with Gasteiger partial charge < -0.3 is 15.3 Å². The van der Waals surface area contributed by atoms with Gasteiger partial charge in [0.1, 0.15) is 17.2 Å². The molecule has 1 atom stereocenters. The van der Waals surface area contributed by atoms with Crippen molar-refractivity contribution >= 4 is 0 Å². The van der Waals surface area contributed by atoms with Crippen molar-refractivity contribution in [2.24, 2.45) is 17.8 Å². The first-order valence-electron chi connectivity index (χ1n) is 15.1. The van der Waals surface area contributed by atoms with Crippen LogP contribution in [0.25, 0.3) is 0 Å². The second-order valence-electron chi connectivity index (χ2n) is 13.5. The Balaban J connectivity index is 2.20. The van der Waals surface area contributed by atoms with E-state index in [9.17, 15) is 15.3 Å². The van der Waals surface area contributed by atoms with Gasteiger partial charge in [0.2, 0.25) is 0 Å². The molecule has 40 heavy (non-hydrogen) atoms. The first kappa shape index (κ1) is 31.6. The second kappa shape index (κ2) is 13.1. The predicted molar refractivity (Wildman–Crippen MR) is 169 cm³/mol. The molecule has 0 amide bonds. The molecule has 3 heteroatoms. The molecule has 0 bridgehead atoms. The summed E-state index contributed by atoms with van der Waals surface area (Å²) >= 11 is 0. The smallest absolute Gasteiger partial charge is 0.119 e. The molecule has 218 valence electrons. The van der Waals surface area contributed by atoms with Gasteiger partial charge in [-0.25, -0.2) is 0 Å². The average molecular weight is 545 g/mol. The Morgan fingerprint density at radius 2 is 0.775 bits per heavy atom. The van der Waals surface area contributed by atoms with Crippen molar-refractivity contribution in [3.63, 3.8) is 0 Å². The highest BCUT2D eigenvalue weighted by Crippen LogP contribution is 2.43. The van der Waals surface area contributed by atoms with Crippen molar-refractivity contribution < 1.29 is 15.3 Å². The van der Waals surface area contributed by atoms with Crippen molar-refractivity contribution in [1.82, 2.24) is 0 Å². The first-order valence-corrected chi connectivity index (χ1v) is 15.1. The van der Waals surface area contributed by atoms with Crippen molar-refractivity contribution in [2.45, 2.75) is 107 Å². The van der Waals surface area contributed by atoms with Gasteiger partial charge in [-0.15, -0.1) is 0 Å². The molecule has 0 aliphatic carbocycles. The predicted octanol–water partition coefficient (Wildman–Crippen LogP) is 9.65. The summed E-state index contributed by atoms with van der Waals surface area (Å²) in [6, 6.07) is 12.5. The maximum absolute atomic E-state index is 10.8. The van der Waals surface area contributed by atoms with Crippen LogP contribution in [0.3, 0.4) is 0 Å². The molecule has 0 saturated carbocycles. The third kappa shape index (κ3) is 7.62. The van der Waals surface area contributed by atoms with Crippen LogP contribution in [0.2, 0.25) is 0 Å². The molecule has 3 aromatic rings. The number of aromatic hydroxyl groups is 3. The quantitative estimate of drug-likeness (QED) is 0.225. The normalized spacial score (nSPS) is 12.8. The van der Waals surface area contributed by atoms with Crippen LogP contribution < -0.4 is 0 Å². The number of phenols is 3. The van der Waals surface area contributed by atoms with Gasteiger partial charge in [-0.1, -0.05) is 66.7 Å². The fraction of sp³-hybridized carbons (Fsp3) is 0.514. The van der Waals surface area contributed by atoms with Gasteiger partial charge in [-0.3, -0.25) is 0 Å². The van der Waals surface area contributed by atoms with E-state index in [0.717, 1.165) is 59.1 Å². The lowest BCUT2D eigenvalue weighted by Crippen LogP contribution is -2.12.